The fourth-order valence-corrected chi connectivity index (χ4v) is 1.07. The maximum atomic E-state index is 11.2. The molecule has 1 aromatic heterocycles. The number of unbranched alkanes of at least 4 members (excludes halogenated alkanes) is 1. The molecule has 15 heavy (non-hydrogen) atoms. The predicted octanol–water partition coefficient (Wildman–Crippen LogP) is 2.28. The van der Waals surface area contributed by atoms with E-state index in [-0.39, 0.29) is 0 Å². The summed E-state index contributed by atoms with van der Waals surface area (Å²) in [6.07, 6.45) is 1.56. The minimum atomic E-state index is -0.443. The molecule has 0 fully saturated rings. The van der Waals surface area contributed by atoms with Crippen molar-refractivity contribution in [3.05, 3.63) is 23.9 Å². The van der Waals surface area contributed by atoms with Gasteiger partial charge in [0.2, 0.25) is 5.88 Å². The van der Waals surface area contributed by atoms with Crippen LogP contribution in [0, 0.1) is 6.92 Å². The van der Waals surface area contributed by atoms with Crippen molar-refractivity contribution < 1.29 is 9.53 Å². The Balaban J connectivity index is 2.37. The lowest BCUT2D eigenvalue weighted by Gasteiger charge is -2.05. The fraction of sp³-hybridized carbons (Fsp3) is 0.455. The van der Waals surface area contributed by atoms with E-state index in [1.54, 1.807) is 12.1 Å². The number of carbonyl (C=O) groups is 1. The average molecular weight is 208 g/mol. The minimum absolute atomic E-state index is 0.337. The highest BCUT2D eigenvalue weighted by molar-refractivity contribution is 5.69. The number of carbonyl (C=O) groups excluding carboxylic acids is 1. The lowest BCUT2D eigenvalue weighted by atomic mass is 10.3. The van der Waals surface area contributed by atoms with Crippen molar-refractivity contribution in [2.45, 2.75) is 26.7 Å². The van der Waals surface area contributed by atoms with E-state index in [2.05, 4.69) is 17.2 Å². The van der Waals surface area contributed by atoms with Crippen LogP contribution >= 0.6 is 0 Å². The quantitative estimate of drug-likeness (QED) is 0.772. The summed E-state index contributed by atoms with van der Waals surface area (Å²) in [7, 11) is 0. The summed E-state index contributed by atoms with van der Waals surface area (Å²) in [5.74, 6) is 0.337. The summed E-state index contributed by atoms with van der Waals surface area (Å²) in [6.45, 7) is 4.55. The Morgan fingerprint density at radius 1 is 1.53 bits per heavy atom. The molecule has 0 unspecified atom stereocenters. The number of aromatic nitrogens is 1. The zero-order chi connectivity index (χ0) is 11.1. The molecule has 1 heterocycles. The van der Waals surface area contributed by atoms with Crippen LogP contribution in [-0.2, 0) is 0 Å². The molecule has 0 atom stereocenters. The molecule has 1 aromatic rings. The summed E-state index contributed by atoms with van der Waals surface area (Å²) in [5.41, 5.74) is 0.828. The van der Waals surface area contributed by atoms with Crippen molar-refractivity contribution >= 4 is 6.09 Å². The third kappa shape index (κ3) is 4.44. The van der Waals surface area contributed by atoms with Gasteiger partial charge in [-0.15, -0.1) is 0 Å². The van der Waals surface area contributed by atoms with Gasteiger partial charge in [-0.25, -0.2) is 9.78 Å². The number of hydrogen-bond donors (Lipinski definition) is 1. The molecule has 4 heteroatoms. The van der Waals surface area contributed by atoms with E-state index in [9.17, 15) is 4.79 Å². The molecule has 1 amide bonds. The van der Waals surface area contributed by atoms with Crippen LogP contribution in [0.4, 0.5) is 4.79 Å². The molecule has 1 rings (SSSR count). The van der Waals surface area contributed by atoms with E-state index >= 15 is 0 Å². The summed E-state index contributed by atoms with van der Waals surface area (Å²) >= 11 is 0. The molecule has 4 nitrogen and oxygen atoms in total. The molecular weight excluding hydrogens is 192 g/mol. The highest BCUT2D eigenvalue weighted by Gasteiger charge is 2.03. The van der Waals surface area contributed by atoms with E-state index in [0.717, 1.165) is 18.5 Å². The van der Waals surface area contributed by atoms with Gasteiger partial charge in [0.25, 0.3) is 0 Å². The molecule has 0 bridgehead atoms. The van der Waals surface area contributed by atoms with Crippen LogP contribution < -0.4 is 10.1 Å². The number of aryl methyl sites for hydroxylation is 1. The summed E-state index contributed by atoms with van der Waals surface area (Å²) in [5, 5.41) is 2.65. The number of ether oxygens (including phenoxy) is 1. The number of hydrogen-bond acceptors (Lipinski definition) is 3. The highest BCUT2D eigenvalue weighted by Crippen LogP contribution is 2.06. The lowest BCUT2D eigenvalue weighted by molar-refractivity contribution is 0.198. The Bertz CT molecular complexity index is 326. The van der Waals surface area contributed by atoms with Gasteiger partial charge >= 0.3 is 6.09 Å². The van der Waals surface area contributed by atoms with Crippen molar-refractivity contribution in [1.29, 1.82) is 0 Å². The van der Waals surface area contributed by atoms with Gasteiger partial charge in [-0.3, -0.25) is 0 Å². The van der Waals surface area contributed by atoms with Gasteiger partial charge in [0.15, 0.2) is 0 Å². The molecule has 0 spiro atoms. The van der Waals surface area contributed by atoms with Crippen LogP contribution in [0.25, 0.3) is 0 Å². The molecule has 0 aliphatic heterocycles. The number of nitrogens with one attached hydrogen (secondary N) is 1. The second kappa shape index (κ2) is 6.01. The maximum Gasteiger partial charge on any atom is 0.413 e. The first kappa shape index (κ1) is 11.5. The fourth-order valence-electron chi connectivity index (χ4n) is 1.07. The van der Waals surface area contributed by atoms with Gasteiger partial charge in [-0.2, -0.15) is 0 Å². The lowest BCUT2D eigenvalue weighted by Crippen LogP contribution is -2.27. The monoisotopic (exact) mass is 208 g/mol. The molecule has 0 radical (unpaired) electrons. The van der Waals surface area contributed by atoms with Crippen molar-refractivity contribution in [3.63, 3.8) is 0 Å². The van der Waals surface area contributed by atoms with Gasteiger partial charge < -0.3 is 10.1 Å². The van der Waals surface area contributed by atoms with Gasteiger partial charge in [0, 0.05) is 18.3 Å². The van der Waals surface area contributed by atoms with Crippen LogP contribution in [-0.4, -0.2) is 17.6 Å². The average Bonchev–Trinajstić information content (AvgIpc) is 2.18. The van der Waals surface area contributed by atoms with Crippen LogP contribution in [0.3, 0.4) is 0 Å². The summed E-state index contributed by atoms with van der Waals surface area (Å²) in [4.78, 5) is 15.3. The first-order chi connectivity index (χ1) is 7.22. The Morgan fingerprint density at radius 3 is 3.00 bits per heavy atom. The van der Waals surface area contributed by atoms with Crippen molar-refractivity contribution in [2.75, 3.05) is 6.54 Å². The highest BCUT2D eigenvalue weighted by atomic mass is 16.6. The number of pyridine rings is 1. The van der Waals surface area contributed by atoms with E-state index in [0.29, 0.717) is 12.4 Å². The number of amides is 1. The normalized spacial score (nSPS) is 9.73. The van der Waals surface area contributed by atoms with Crippen LogP contribution in [0.2, 0.25) is 0 Å². The van der Waals surface area contributed by atoms with E-state index < -0.39 is 6.09 Å². The minimum Gasteiger partial charge on any atom is -0.391 e. The summed E-state index contributed by atoms with van der Waals surface area (Å²) < 4.78 is 4.98. The third-order valence-electron chi connectivity index (χ3n) is 1.86. The maximum absolute atomic E-state index is 11.2. The smallest absolute Gasteiger partial charge is 0.391 e. The van der Waals surface area contributed by atoms with E-state index in [4.69, 9.17) is 4.74 Å². The van der Waals surface area contributed by atoms with Crippen molar-refractivity contribution in [1.82, 2.24) is 10.3 Å². The Labute approximate surface area is 89.7 Å². The Hall–Kier alpha value is -1.58. The molecule has 0 aromatic carbocycles. The second-order valence-electron chi connectivity index (χ2n) is 3.29. The zero-order valence-corrected chi connectivity index (χ0v) is 9.12. The molecule has 1 N–H and O–H groups in total. The molecule has 0 saturated carbocycles. The second-order valence-corrected chi connectivity index (χ2v) is 3.29. The standard InChI is InChI=1S/C11H16N2O2/c1-3-4-8-12-11(14)15-10-7-5-6-9(2)13-10/h5-7H,3-4,8H2,1-2H3,(H,12,14). The van der Waals surface area contributed by atoms with Crippen LogP contribution in [0.1, 0.15) is 25.5 Å². The molecule has 0 saturated heterocycles. The zero-order valence-electron chi connectivity index (χ0n) is 9.12. The van der Waals surface area contributed by atoms with Gasteiger partial charge in [0.05, 0.1) is 0 Å². The first-order valence-corrected chi connectivity index (χ1v) is 5.11. The largest absolute Gasteiger partial charge is 0.413 e. The Kier molecular flexibility index (Phi) is 4.60. The van der Waals surface area contributed by atoms with E-state index in [1.165, 1.54) is 0 Å². The molecular formula is C11H16N2O2. The van der Waals surface area contributed by atoms with Gasteiger partial charge in [0.1, 0.15) is 0 Å². The van der Waals surface area contributed by atoms with Crippen LogP contribution in [0.5, 0.6) is 5.88 Å². The Morgan fingerprint density at radius 2 is 2.33 bits per heavy atom. The molecule has 0 aliphatic rings. The van der Waals surface area contributed by atoms with Crippen molar-refractivity contribution in [2.24, 2.45) is 0 Å². The van der Waals surface area contributed by atoms with Crippen molar-refractivity contribution in [3.8, 4) is 5.88 Å². The number of rotatable bonds is 4. The SMILES string of the molecule is CCCCNC(=O)Oc1cccc(C)n1. The molecule has 0 aliphatic carbocycles. The van der Waals surface area contributed by atoms with Gasteiger partial charge in [-0.1, -0.05) is 19.4 Å². The van der Waals surface area contributed by atoms with Crippen LogP contribution in [0.15, 0.2) is 18.2 Å². The summed E-state index contributed by atoms with van der Waals surface area (Å²) in [6, 6.07) is 5.31. The number of nitrogens with zero attached hydrogens (tertiary/aromatic N) is 1. The van der Waals surface area contributed by atoms with E-state index in [1.807, 2.05) is 13.0 Å². The first-order valence-electron chi connectivity index (χ1n) is 5.11. The topological polar surface area (TPSA) is 51.2 Å². The predicted molar refractivity (Wildman–Crippen MR) is 57.9 cm³/mol. The molecule has 82 valence electrons. The third-order valence-corrected chi connectivity index (χ3v) is 1.86. The van der Waals surface area contributed by atoms with Gasteiger partial charge in [-0.05, 0) is 19.4 Å².